The number of para-hydroxylation sites is 1. The minimum atomic E-state index is 0.108. The largest absolute Gasteiger partial charge is 0.493 e. The molecule has 0 spiro atoms. The van der Waals surface area contributed by atoms with Gasteiger partial charge in [-0.15, -0.1) is 0 Å². The second kappa shape index (κ2) is 7.00. The molecule has 0 amide bonds. The summed E-state index contributed by atoms with van der Waals surface area (Å²) in [4.78, 5) is 0. The quantitative estimate of drug-likeness (QED) is 0.822. The van der Waals surface area contributed by atoms with Crippen LogP contribution in [0.2, 0.25) is 0 Å². The first-order valence-corrected chi connectivity index (χ1v) is 6.84. The van der Waals surface area contributed by atoms with E-state index < -0.39 is 0 Å². The Morgan fingerprint density at radius 1 is 1.21 bits per heavy atom. The van der Waals surface area contributed by atoms with Crippen molar-refractivity contribution in [2.45, 2.75) is 26.3 Å². The third-order valence-electron chi connectivity index (χ3n) is 2.98. The zero-order valence-corrected chi connectivity index (χ0v) is 11.6. The van der Waals surface area contributed by atoms with Crippen molar-refractivity contribution < 1.29 is 9.15 Å². The third-order valence-corrected chi connectivity index (χ3v) is 2.98. The van der Waals surface area contributed by atoms with Crippen LogP contribution in [0.4, 0.5) is 0 Å². The summed E-state index contributed by atoms with van der Waals surface area (Å²) in [5.74, 6) is 0.941. The van der Waals surface area contributed by atoms with Gasteiger partial charge in [0.05, 0.1) is 25.2 Å². The van der Waals surface area contributed by atoms with Crippen LogP contribution in [0.25, 0.3) is 0 Å². The highest BCUT2D eigenvalue weighted by Crippen LogP contribution is 2.30. The normalized spacial score (nSPS) is 12.3. The van der Waals surface area contributed by atoms with Crippen LogP contribution in [0.5, 0.6) is 5.75 Å². The second-order valence-electron chi connectivity index (χ2n) is 4.43. The molecule has 102 valence electrons. The monoisotopic (exact) mass is 259 g/mol. The SMILES string of the molecule is CCCOc1ccccc1C(NCC)c1ccoc1. The molecule has 1 aromatic heterocycles. The van der Waals surface area contributed by atoms with Crippen LogP contribution in [0.1, 0.15) is 37.4 Å². The summed E-state index contributed by atoms with van der Waals surface area (Å²) in [5, 5.41) is 3.48. The Morgan fingerprint density at radius 3 is 2.74 bits per heavy atom. The van der Waals surface area contributed by atoms with Crippen molar-refractivity contribution in [3.8, 4) is 5.75 Å². The Bertz CT molecular complexity index is 479. The summed E-state index contributed by atoms with van der Waals surface area (Å²) >= 11 is 0. The Balaban J connectivity index is 2.30. The van der Waals surface area contributed by atoms with E-state index in [0.717, 1.165) is 36.4 Å². The molecule has 1 heterocycles. The van der Waals surface area contributed by atoms with Crippen molar-refractivity contribution in [1.29, 1.82) is 0 Å². The topological polar surface area (TPSA) is 34.4 Å². The van der Waals surface area contributed by atoms with Gasteiger partial charge in [-0.05, 0) is 25.1 Å². The van der Waals surface area contributed by atoms with Gasteiger partial charge >= 0.3 is 0 Å². The maximum absolute atomic E-state index is 5.84. The van der Waals surface area contributed by atoms with E-state index in [2.05, 4.69) is 25.2 Å². The molecule has 2 rings (SSSR count). The Morgan fingerprint density at radius 2 is 2.05 bits per heavy atom. The number of nitrogens with one attached hydrogen (secondary N) is 1. The molecular formula is C16H21NO2. The fraction of sp³-hybridized carbons (Fsp3) is 0.375. The van der Waals surface area contributed by atoms with Crippen LogP contribution in [0.15, 0.2) is 47.3 Å². The summed E-state index contributed by atoms with van der Waals surface area (Å²) < 4.78 is 11.0. The molecule has 0 fully saturated rings. The lowest BCUT2D eigenvalue weighted by Gasteiger charge is -2.20. The van der Waals surface area contributed by atoms with E-state index in [1.54, 1.807) is 12.5 Å². The molecule has 3 heteroatoms. The maximum atomic E-state index is 5.84. The molecule has 0 aliphatic heterocycles. The molecular weight excluding hydrogens is 238 g/mol. The summed E-state index contributed by atoms with van der Waals surface area (Å²) in [5.41, 5.74) is 2.27. The van der Waals surface area contributed by atoms with Crippen molar-refractivity contribution in [3.63, 3.8) is 0 Å². The lowest BCUT2D eigenvalue weighted by atomic mass is 10.00. The van der Waals surface area contributed by atoms with Gasteiger partial charge in [-0.3, -0.25) is 0 Å². The van der Waals surface area contributed by atoms with Gasteiger partial charge in [0.1, 0.15) is 5.75 Å². The lowest BCUT2D eigenvalue weighted by Crippen LogP contribution is -2.22. The van der Waals surface area contributed by atoms with Crippen LogP contribution >= 0.6 is 0 Å². The van der Waals surface area contributed by atoms with E-state index in [4.69, 9.17) is 9.15 Å². The number of hydrogen-bond donors (Lipinski definition) is 1. The molecule has 1 aromatic carbocycles. The predicted molar refractivity (Wildman–Crippen MR) is 76.5 cm³/mol. The smallest absolute Gasteiger partial charge is 0.124 e. The van der Waals surface area contributed by atoms with E-state index in [9.17, 15) is 0 Å². The Hall–Kier alpha value is -1.74. The lowest BCUT2D eigenvalue weighted by molar-refractivity contribution is 0.311. The van der Waals surface area contributed by atoms with Crippen LogP contribution < -0.4 is 10.1 Å². The number of benzene rings is 1. The molecule has 3 nitrogen and oxygen atoms in total. The van der Waals surface area contributed by atoms with E-state index in [0.29, 0.717) is 0 Å². The molecule has 0 saturated heterocycles. The summed E-state index contributed by atoms with van der Waals surface area (Å²) in [6.45, 7) is 5.84. The van der Waals surface area contributed by atoms with Crippen molar-refractivity contribution in [1.82, 2.24) is 5.32 Å². The molecule has 2 aromatic rings. The Labute approximate surface area is 114 Å². The van der Waals surface area contributed by atoms with Crippen molar-refractivity contribution in [2.75, 3.05) is 13.2 Å². The fourth-order valence-electron chi connectivity index (χ4n) is 2.11. The molecule has 1 unspecified atom stereocenters. The van der Waals surface area contributed by atoms with E-state index in [1.165, 1.54) is 0 Å². The highest BCUT2D eigenvalue weighted by Gasteiger charge is 2.18. The molecule has 0 bridgehead atoms. The second-order valence-corrected chi connectivity index (χ2v) is 4.43. The van der Waals surface area contributed by atoms with Gasteiger partial charge < -0.3 is 14.5 Å². The van der Waals surface area contributed by atoms with E-state index in [1.807, 2.05) is 24.3 Å². The molecule has 19 heavy (non-hydrogen) atoms. The number of furan rings is 1. The van der Waals surface area contributed by atoms with Crippen LogP contribution in [-0.2, 0) is 0 Å². The van der Waals surface area contributed by atoms with E-state index >= 15 is 0 Å². The highest BCUT2D eigenvalue weighted by atomic mass is 16.5. The van der Waals surface area contributed by atoms with Gasteiger partial charge in [0.15, 0.2) is 0 Å². The summed E-state index contributed by atoms with van der Waals surface area (Å²) in [6, 6.07) is 10.3. The van der Waals surface area contributed by atoms with Crippen LogP contribution in [-0.4, -0.2) is 13.2 Å². The number of rotatable bonds is 7. The standard InChI is InChI=1S/C16H21NO2/c1-3-10-19-15-8-6-5-7-14(15)16(17-4-2)13-9-11-18-12-13/h5-9,11-12,16-17H,3-4,10H2,1-2H3. The first-order chi connectivity index (χ1) is 9.36. The summed E-state index contributed by atoms with van der Waals surface area (Å²) in [7, 11) is 0. The number of ether oxygens (including phenoxy) is 1. The van der Waals surface area contributed by atoms with Gasteiger partial charge in [0.2, 0.25) is 0 Å². The first kappa shape index (κ1) is 13.7. The third kappa shape index (κ3) is 3.38. The average Bonchev–Trinajstić information content (AvgIpc) is 2.97. The van der Waals surface area contributed by atoms with Gasteiger partial charge in [0, 0.05) is 11.1 Å². The highest BCUT2D eigenvalue weighted by molar-refractivity contribution is 5.40. The predicted octanol–water partition coefficient (Wildman–Crippen LogP) is 3.77. The van der Waals surface area contributed by atoms with Crippen LogP contribution in [0.3, 0.4) is 0 Å². The molecule has 0 aliphatic carbocycles. The molecule has 0 radical (unpaired) electrons. The van der Waals surface area contributed by atoms with E-state index in [-0.39, 0.29) is 6.04 Å². The Kier molecular flexibility index (Phi) is 5.04. The minimum absolute atomic E-state index is 0.108. The maximum Gasteiger partial charge on any atom is 0.124 e. The molecule has 1 N–H and O–H groups in total. The fourth-order valence-corrected chi connectivity index (χ4v) is 2.11. The molecule has 1 atom stereocenters. The minimum Gasteiger partial charge on any atom is -0.493 e. The molecule has 0 aliphatic rings. The molecule has 0 saturated carbocycles. The first-order valence-electron chi connectivity index (χ1n) is 6.84. The zero-order chi connectivity index (χ0) is 13.5. The summed E-state index contributed by atoms with van der Waals surface area (Å²) in [6.07, 6.45) is 4.49. The van der Waals surface area contributed by atoms with Gasteiger partial charge in [-0.25, -0.2) is 0 Å². The van der Waals surface area contributed by atoms with Gasteiger partial charge in [-0.1, -0.05) is 32.0 Å². The van der Waals surface area contributed by atoms with Gasteiger partial charge in [-0.2, -0.15) is 0 Å². The average molecular weight is 259 g/mol. The van der Waals surface area contributed by atoms with Gasteiger partial charge in [0.25, 0.3) is 0 Å². The van der Waals surface area contributed by atoms with Crippen molar-refractivity contribution >= 4 is 0 Å². The zero-order valence-electron chi connectivity index (χ0n) is 11.6. The number of hydrogen-bond acceptors (Lipinski definition) is 3. The van der Waals surface area contributed by atoms with Crippen molar-refractivity contribution in [2.24, 2.45) is 0 Å². The van der Waals surface area contributed by atoms with Crippen LogP contribution in [0, 0.1) is 0 Å². The van der Waals surface area contributed by atoms with Crippen molar-refractivity contribution in [3.05, 3.63) is 54.0 Å².